The van der Waals surface area contributed by atoms with Crippen LogP contribution in [-0.4, -0.2) is 63.6 Å². The number of hydrogen-bond donors (Lipinski definition) is 1. The molecule has 1 fully saturated rings. The summed E-state index contributed by atoms with van der Waals surface area (Å²) in [5, 5.41) is 10.2. The molecule has 196 valence electrons. The maximum Gasteiger partial charge on any atom is 0.256 e. The third-order valence-corrected chi connectivity index (χ3v) is 7.29. The number of aromatic nitrogens is 2. The molecule has 0 saturated carbocycles. The standard InChI is InChI=1S/C30H38N4O3/c1-4-18-37-27-12-10-23(11-13-27)22-33-16-14-30(15-17-33,25-8-7-9-26(35)19-25)29-31-20-24(21-32-29)28(36)34(5-2)6-3/h7-13,19-21,35H,4-6,14-18,22H2,1-3H3. The molecule has 1 aliphatic heterocycles. The number of aromatic hydroxyl groups is 1. The molecule has 0 spiro atoms. The maximum absolute atomic E-state index is 12.8. The minimum atomic E-state index is -0.427. The van der Waals surface area contributed by atoms with Crippen molar-refractivity contribution >= 4 is 5.91 Å². The van der Waals surface area contributed by atoms with Gasteiger partial charge in [0.25, 0.3) is 5.91 Å². The average molecular weight is 503 g/mol. The van der Waals surface area contributed by atoms with Gasteiger partial charge in [-0.1, -0.05) is 31.2 Å². The highest BCUT2D eigenvalue weighted by atomic mass is 16.5. The number of phenols is 1. The second-order valence-corrected chi connectivity index (χ2v) is 9.67. The Balaban J connectivity index is 1.53. The number of hydrogen-bond acceptors (Lipinski definition) is 6. The van der Waals surface area contributed by atoms with Crippen molar-refractivity contribution in [3.8, 4) is 11.5 Å². The summed E-state index contributed by atoms with van der Waals surface area (Å²) < 4.78 is 5.71. The molecule has 37 heavy (non-hydrogen) atoms. The van der Waals surface area contributed by atoms with Gasteiger partial charge in [0.15, 0.2) is 0 Å². The van der Waals surface area contributed by atoms with Crippen molar-refractivity contribution in [3.63, 3.8) is 0 Å². The lowest BCUT2D eigenvalue weighted by atomic mass is 9.71. The van der Waals surface area contributed by atoms with E-state index in [0.717, 1.165) is 56.8 Å². The molecule has 7 heteroatoms. The predicted octanol–water partition coefficient (Wildman–Crippen LogP) is 5.04. The van der Waals surface area contributed by atoms with Gasteiger partial charge in [-0.15, -0.1) is 0 Å². The number of benzene rings is 2. The van der Waals surface area contributed by atoms with E-state index in [4.69, 9.17) is 14.7 Å². The van der Waals surface area contributed by atoms with E-state index in [1.54, 1.807) is 23.4 Å². The van der Waals surface area contributed by atoms with E-state index >= 15 is 0 Å². The van der Waals surface area contributed by atoms with Gasteiger partial charge in [-0.05, 0) is 81.6 Å². The molecule has 3 aromatic rings. The van der Waals surface area contributed by atoms with Crippen LogP contribution in [-0.2, 0) is 12.0 Å². The Morgan fingerprint density at radius 3 is 2.30 bits per heavy atom. The Labute approximate surface area is 220 Å². The lowest BCUT2D eigenvalue weighted by molar-refractivity contribution is 0.0772. The Hall–Kier alpha value is -3.45. The first-order valence-corrected chi connectivity index (χ1v) is 13.3. The first kappa shape index (κ1) is 26.6. The number of phenolic OH excluding ortho intramolecular Hbond substituents is 1. The van der Waals surface area contributed by atoms with Crippen LogP contribution in [0.1, 0.15) is 67.3 Å². The topological polar surface area (TPSA) is 78.8 Å². The molecule has 0 unspecified atom stereocenters. The smallest absolute Gasteiger partial charge is 0.256 e. The second-order valence-electron chi connectivity index (χ2n) is 9.67. The zero-order valence-corrected chi connectivity index (χ0v) is 22.2. The van der Waals surface area contributed by atoms with E-state index in [-0.39, 0.29) is 11.7 Å². The molecule has 1 amide bonds. The van der Waals surface area contributed by atoms with Gasteiger partial charge >= 0.3 is 0 Å². The van der Waals surface area contributed by atoms with Crippen molar-refractivity contribution in [1.82, 2.24) is 19.8 Å². The molecule has 0 atom stereocenters. The Bertz CT molecular complexity index is 1150. The van der Waals surface area contributed by atoms with Gasteiger partial charge < -0.3 is 14.7 Å². The average Bonchev–Trinajstić information content (AvgIpc) is 2.94. The predicted molar refractivity (Wildman–Crippen MR) is 145 cm³/mol. The van der Waals surface area contributed by atoms with Crippen LogP contribution in [0.3, 0.4) is 0 Å². The molecule has 0 radical (unpaired) electrons. The highest BCUT2D eigenvalue weighted by molar-refractivity contribution is 5.93. The van der Waals surface area contributed by atoms with Gasteiger partial charge in [0.05, 0.1) is 17.6 Å². The summed E-state index contributed by atoms with van der Waals surface area (Å²) in [6.45, 7) is 10.7. The molecule has 2 aromatic carbocycles. The molecule has 7 nitrogen and oxygen atoms in total. The quantitative estimate of drug-likeness (QED) is 0.419. The van der Waals surface area contributed by atoms with Gasteiger partial charge in [-0.3, -0.25) is 9.69 Å². The molecular weight excluding hydrogens is 464 g/mol. The summed E-state index contributed by atoms with van der Waals surface area (Å²) in [6, 6.07) is 15.8. The number of carbonyl (C=O) groups is 1. The molecule has 1 aliphatic rings. The molecule has 0 bridgehead atoms. The number of nitrogens with zero attached hydrogens (tertiary/aromatic N) is 4. The molecule has 4 rings (SSSR count). The van der Waals surface area contributed by atoms with Crippen molar-refractivity contribution in [3.05, 3.63) is 83.4 Å². The third-order valence-electron chi connectivity index (χ3n) is 7.29. The van der Waals surface area contributed by atoms with Crippen LogP contribution < -0.4 is 4.74 Å². The van der Waals surface area contributed by atoms with Crippen molar-refractivity contribution in [1.29, 1.82) is 0 Å². The van der Waals surface area contributed by atoms with Gasteiger partial charge in [0.1, 0.15) is 17.3 Å². The Morgan fingerprint density at radius 1 is 1.03 bits per heavy atom. The first-order chi connectivity index (χ1) is 18.0. The number of rotatable bonds is 10. The lowest BCUT2D eigenvalue weighted by Crippen LogP contribution is -2.44. The number of ether oxygens (including phenoxy) is 1. The number of carbonyl (C=O) groups excluding carboxylic acids is 1. The summed E-state index contributed by atoms with van der Waals surface area (Å²) in [7, 11) is 0. The monoisotopic (exact) mass is 502 g/mol. The largest absolute Gasteiger partial charge is 0.508 e. The van der Waals surface area contributed by atoms with Crippen LogP contribution in [0.5, 0.6) is 11.5 Å². The zero-order valence-electron chi connectivity index (χ0n) is 22.2. The van der Waals surface area contributed by atoms with E-state index in [2.05, 4.69) is 24.0 Å². The van der Waals surface area contributed by atoms with E-state index in [0.29, 0.717) is 24.5 Å². The van der Waals surface area contributed by atoms with Gasteiger partial charge in [-0.2, -0.15) is 0 Å². The zero-order chi connectivity index (χ0) is 26.3. The highest BCUT2D eigenvalue weighted by Crippen LogP contribution is 2.41. The fraction of sp³-hybridized carbons (Fsp3) is 0.433. The minimum Gasteiger partial charge on any atom is -0.508 e. The summed E-state index contributed by atoms with van der Waals surface area (Å²) in [4.78, 5) is 26.4. The van der Waals surface area contributed by atoms with Gasteiger partial charge in [0.2, 0.25) is 0 Å². The summed E-state index contributed by atoms with van der Waals surface area (Å²) in [6.07, 6.45) is 5.94. The van der Waals surface area contributed by atoms with Crippen LogP contribution in [0.15, 0.2) is 60.9 Å². The number of amides is 1. The van der Waals surface area contributed by atoms with E-state index in [1.165, 1.54) is 5.56 Å². The van der Waals surface area contributed by atoms with E-state index < -0.39 is 5.41 Å². The Kier molecular flexibility index (Phi) is 8.77. The number of likely N-dealkylation sites (tertiary alicyclic amines) is 1. The van der Waals surface area contributed by atoms with Crippen molar-refractivity contribution < 1.29 is 14.6 Å². The van der Waals surface area contributed by atoms with E-state index in [9.17, 15) is 9.90 Å². The summed E-state index contributed by atoms with van der Waals surface area (Å²) in [5.41, 5.74) is 2.34. The molecule has 1 N–H and O–H groups in total. The maximum atomic E-state index is 12.8. The molecule has 1 aromatic heterocycles. The van der Waals surface area contributed by atoms with Crippen molar-refractivity contribution in [2.75, 3.05) is 32.8 Å². The van der Waals surface area contributed by atoms with Crippen molar-refractivity contribution in [2.45, 2.75) is 52.0 Å². The van der Waals surface area contributed by atoms with Crippen LogP contribution >= 0.6 is 0 Å². The molecular formula is C30H38N4O3. The molecule has 2 heterocycles. The highest BCUT2D eigenvalue weighted by Gasteiger charge is 2.40. The van der Waals surface area contributed by atoms with Crippen LogP contribution in [0.4, 0.5) is 0 Å². The van der Waals surface area contributed by atoms with Crippen LogP contribution in [0, 0.1) is 0 Å². The fourth-order valence-electron chi connectivity index (χ4n) is 5.09. The van der Waals surface area contributed by atoms with Gasteiger partial charge in [0, 0.05) is 32.0 Å². The molecule has 1 saturated heterocycles. The van der Waals surface area contributed by atoms with Crippen molar-refractivity contribution in [2.24, 2.45) is 0 Å². The van der Waals surface area contributed by atoms with Gasteiger partial charge in [-0.25, -0.2) is 9.97 Å². The normalized spacial score (nSPS) is 15.3. The van der Waals surface area contributed by atoms with Crippen LogP contribution in [0.25, 0.3) is 0 Å². The minimum absolute atomic E-state index is 0.0520. The lowest BCUT2D eigenvalue weighted by Gasteiger charge is -2.41. The SMILES string of the molecule is CCCOc1ccc(CN2CCC(c3cccc(O)c3)(c3ncc(C(=O)N(CC)CC)cn3)CC2)cc1. The second kappa shape index (κ2) is 12.2. The Morgan fingerprint density at radius 2 is 1.70 bits per heavy atom. The fourth-order valence-corrected chi connectivity index (χ4v) is 5.09. The summed E-state index contributed by atoms with van der Waals surface area (Å²) in [5.74, 6) is 1.79. The van der Waals surface area contributed by atoms with E-state index in [1.807, 2.05) is 44.2 Å². The first-order valence-electron chi connectivity index (χ1n) is 13.3. The summed E-state index contributed by atoms with van der Waals surface area (Å²) >= 11 is 0. The number of piperidine rings is 1. The van der Waals surface area contributed by atoms with Crippen LogP contribution in [0.2, 0.25) is 0 Å². The third kappa shape index (κ3) is 6.10. The molecule has 0 aliphatic carbocycles.